The number of rotatable bonds is 6. The van der Waals surface area contributed by atoms with E-state index in [-0.39, 0.29) is 36.7 Å². The smallest absolute Gasteiger partial charge is 0.253 e. The number of halogens is 1. The Balaban J connectivity index is 0.00000625. The van der Waals surface area contributed by atoms with Gasteiger partial charge in [-0.2, -0.15) is 0 Å². The summed E-state index contributed by atoms with van der Waals surface area (Å²) < 4.78 is 0. The Morgan fingerprint density at radius 2 is 1.69 bits per heavy atom. The minimum Gasteiger partial charge on any atom is -0.347 e. The summed E-state index contributed by atoms with van der Waals surface area (Å²) >= 11 is 0. The van der Waals surface area contributed by atoms with Gasteiger partial charge in [-0.15, -0.1) is 12.4 Å². The van der Waals surface area contributed by atoms with Gasteiger partial charge in [-0.05, 0) is 38.8 Å². The van der Waals surface area contributed by atoms with Gasteiger partial charge in [0.1, 0.15) is 0 Å². The molecule has 0 saturated heterocycles. The largest absolute Gasteiger partial charge is 0.347 e. The van der Waals surface area contributed by atoms with Crippen molar-refractivity contribution in [1.82, 2.24) is 10.6 Å². The molecule has 0 spiro atoms. The van der Waals surface area contributed by atoms with Crippen LogP contribution in [0.4, 0.5) is 5.69 Å². The van der Waals surface area contributed by atoms with Gasteiger partial charge in [0.05, 0.1) is 23.8 Å². The number of benzene rings is 1. The van der Waals surface area contributed by atoms with Crippen LogP contribution in [-0.4, -0.2) is 35.8 Å². The fourth-order valence-corrected chi connectivity index (χ4v) is 1.98. The van der Waals surface area contributed by atoms with Crippen LogP contribution in [0.25, 0.3) is 0 Å². The minimum atomic E-state index is -0.669. The van der Waals surface area contributed by atoms with Crippen LogP contribution < -0.4 is 21.7 Å². The molecule has 0 aliphatic carbocycles. The molecule has 0 radical (unpaired) electrons. The Hall–Kier alpha value is -2.12. The molecule has 0 unspecified atom stereocenters. The molecule has 0 bridgehead atoms. The van der Waals surface area contributed by atoms with Crippen molar-refractivity contribution in [1.29, 1.82) is 0 Å². The molecule has 1 atom stereocenters. The second kappa shape index (κ2) is 10.1. The zero-order valence-electron chi connectivity index (χ0n) is 15.9. The lowest BCUT2D eigenvalue weighted by molar-refractivity contribution is -0.125. The van der Waals surface area contributed by atoms with Gasteiger partial charge in [-0.25, -0.2) is 0 Å². The van der Waals surface area contributed by atoms with Crippen LogP contribution in [0.5, 0.6) is 0 Å². The Labute approximate surface area is 160 Å². The second-order valence-electron chi connectivity index (χ2n) is 7.29. The highest BCUT2D eigenvalue weighted by molar-refractivity contribution is 6.04. The van der Waals surface area contributed by atoms with Crippen LogP contribution >= 0.6 is 12.4 Å². The lowest BCUT2D eigenvalue weighted by Crippen LogP contribution is -2.46. The number of carbonyl (C=O) groups is 3. The Morgan fingerprint density at radius 3 is 2.23 bits per heavy atom. The monoisotopic (exact) mass is 384 g/mol. The zero-order valence-corrected chi connectivity index (χ0v) is 16.7. The summed E-state index contributed by atoms with van der Waals surface area (Å²) in [6, 6.07) is 6.03. The lowest BCUT2D eigenvalue weighted by atomic mass is 10.1. The molecule has 0 aromatic heterocycles. The van der Waals surface area contributed by atoms with Gasteiger partial charge < -0.3 is 21.7 Å². The average Bonchev–Trinajstić information content (AvgIpc) is 2.50. The van der Waals surface area contributed by atoms with Gasteiger partial charge in [0.2, 0.25) is 11.8 Å². The number of para-hydroxylation sites is 1. The molecular formula is C18H29ClN4O3. The van der Waals surface area contributed by atoms with Gasteiger partial charge >= 0.3 is 0 Å². The maximum absolute atomic E-state index is 12.3. The molecule has 1 aromatic rings. The van der Waals surface area contributed by atoms with E-state index in [1.807, 2.05) is 34.6 Å². The maximum atomic E-state index is 12.3. The molecule has 0 aliphatic heterocycles. The van der Waals surface area contributed by atoms with Crippen molar-refractivity contribution in [3.8, 4) is 0 Å². The molecule has 0 heterocycles. The first kappa shape index (κ1) is 23.9. The molecule has 1 rings (SSSR count). The van der Waals surface area contributed by atoms with Crippen molar-refractivity contribution in [2.24, 2.45) is 11.7 Å². The zero-order chi connectivity index (χ0) is 19.2. The van der Waals surface area contributed by atoms with Crippen molar-refractivity contribution in [2.75, 3.05) is 11.9 Å². The van der Waals surface area contributed by atoms with Crippen LogP contribution in [0, 0.1) is 5.92 Å². The number of hydrogen-bond donors (Lipinski definition) is 4. The number of amides is 3. The standard InChI is InChI=1S/C18H28N4O3.ClH/c1-11(2)15(19)17(25)20-10-14(23)21-13-9-7-6-8-12(13)16(24)22-18(3,4)5;/h6-9,11,15H,10,19H2,1-5H3,(H,20,25)(H,21,23)(H,22,24);1H/t15-;/m0./s1. The quantitative estimate of drug-likeness (QED) is 0.597. The predicted octanol–water partition coefficient (Wildman–Crippen LogP) is 1.67. The topological polar surface area (TPSA) is 113 Å². The first-order valence-corrected chi connectivity index (χ1v) is 8.26. The second-order valence-corrected chi connectivity index (χ2v) is 7.29. The van der Waals surface area contributed by atoms with Gasteiger partial charge in [0.15, 0.2) is 0 Å². The van der Waals surface area contributed by atoms with Gasteiger partial charge in [-0.3, -0.25) is 14.4 Å². The minimum absolute atomic E-state index is 0. The predicted molar refractivity (Wildman–Crippen MR) is 105 cm³/mol. The van der Waals surface area contributed by atoms with Gasteiger partial charge in [0, 0.05) is 5.54 Å². The molecule has 7 nitrogen and oxygen atoms in total. The third-order valence-electron chi connectivity index (χ3n) is 3.38. The summed E-state index contributed by atoms with van der Waals surface area (Å²) in [7, 11) is 0. The van der Waals surface area contributed by atoms with E-state index in [1.165, 1.54) is 0 Å². The van der Waals surface area contributed by atoms with E-state index in [0.29, 0.717) is 11.3 Å². The number of nitrogens with two attached hydrogens (primary N) is 1. The molecule has 5 N–H and O–H groups in total. The molecule has 26 heavy (non-hydrogen) atoms. The number of nitrogens with one attached hydrogen (secondary N) is 3. The number of carbonyl (C=O) groups excluding carboxylic acids is 3. The Morgan fingerprint density at radius 1 is 1.12 bits per heavy atom. The summed E-state index contributed by atoms with van der Waals surface area (Å²) in [6.45, 7) is 9.07. The number of anilines is 1. The molecule has 1 aromatic carbocycles. The molecule has 8 heteroatoms. The normalized spacial score (nSPS) is 12.0. The highest BCUT2D eigenvalue weighted by Gasteiger charge is 2.20. The molecule has 3 amide bonds. The van der Waals surface area contributed by atoms with E-state index in [4.69, 9.17) is 5.73 Å². The maximum Gasteiger partial charge on any atom is 0.253 e. The van der Waals surface area contributed by atoms with Crippen molar-refractivity contribution in [3.63, 3.8) is 0 Å². The van der Waals surface area contributed by atoms with Crippen LogP contribution in [-0.2, 0) is 9.59 Å². The van der Waals surface area contributed by atoms with Crippen LogP contribution in [0.1, 0.15) is 45.0 Å². The first-order valence-electron chi connectivity index (χ1n) is 8.26. The van der Waals surface area contributed by atoms with Gasteiger partial charge in [0.25, 0.3) is 5.91 Å². The van der Waals surface area contributed by atoms with E-state index < -0.39 is 17.5 Å². The van der Waals surface area contributed by atoms with Crippen molar-refractivity contribution >= 4 is 35.8 Å². The van der Waals surface area contributed by atoms with Crippen molar-refractivity contribution in [3.05, 3.63) is 29.8 Å². The summed E-state index contributed by atoms with van der Waals surface area (Å²) in [5.41, 5.74) is 6.07. The molecule has 146 valence electrons. The fourth-order valence-electron chi connectivity index (χ4n) is 1.98. The fraction of sp³-hybridized carbons (Fsp3) is 0.500. The first-order chi connectivity index (χ1) is 11.5. The molecule has 0 saturated carbocycles. The lowest BCUT2D eigenvalue weighted by Gasteiger charge is -2.21. The SMILES string of the molecule is CC(C)[C@H](N)C(=O)NCC(=O)Nc1ccccc1C(=O)NC(C)(C)C.Cl. The van der Waals surface area contributed by atoms with Gasteiger partial charge in [-0.1, -0.05) is 26.0 Å². The highest BCUT2D eigenvalue weighted by Crippen LogP contribution is 2.16. The average molecular weight is 385 g/mol. The molecular weight excluding hydrogens is 356 g/mol. The Bertz CT molecular complexity index is 642. The van der Waals surface area contributed by atoms with E-state index >= 15 is 0 Å². The summed E-state index contributed by atoms with van der Waals surface area (Å²) in [6.07, 6.45) is 0. The third-order valence-corrected chi connectivity index (χ3v) is 3.38. The summed E-state index contributed by atoms with van der Waals surface area (Å²) in [4.78, 5) is 36.2. The highest BCUT2D eigenvalue weighted by atomic mass is 35.5. The van der Waals surface area contributed by atoms with Crippen LogP contribution in [0.15, 0.2) is 24.3 Å². The van der Waals surface area contributed by atoms with E-state index in [1.54, 1.807) is 24.3 Å². The van der Waals surface area contributed by atoms with Crippen molar-refractivity contribution < 1.29 is 14.4 Å². The Kier molecular flexibility index (Phi) is 9.31. The van der Waals surface area contributed by atoms with E-state index in [9.17, 15) is 14.4 Å². The van der Waals surface area contributed by atoms with Crippen LogP contribution in [0.2, 0.25) is 0 Å². The van der Waals surface area contributed by atoms with E-state index in [2.05, 4.69) is 16.0 Å². The van der Waals surface area contributed by atoms with Crippen LogP contribution in [0.3, 0.4) is 0 Å². The van der Waals surface area contributed by atoms with E-state index in [0.717, 1.165) is 0 Å². The van der Waals surface area contributed by atoms with Crippen molar-refractivity contribution in [2.45, 2.75) is 46.2 Å². The third kappa shape index (κ3) is 7.84. The molecule has 0 fully saturated rings. The summed E-state index contributed by atoms with van der Waals surface area (Å²) in [5.74, 6) is -1.12. The summed E-state index contributed by atoms with van der Waals surface area (Å²) in [5, 5.41) is 7.99. The number of hydrogen-bond acceptors (Lipinski definition) is 4. The molecule has 0 aliphatic rings.